The molecule has 2 atom stereocenters. The van der Waals surface area contributed by atoms with Crippen LogP contribution in [-0.4, -0.2) is 91.1 Å². The number of aromatic nitrogens is 1. The molecule has 0 saturated heterocycles. The molecule has 1 unspecified atom stereocenters. The quantitative estimate of drug-likeness (QED) is 0.0297. The Morgan fingerprint density at radius 3 is 2.12 bits per heavy atom. The van der Waals surface area contributed by atoms with Crippen LogP contribution in [-0.2, 0) is 33.3 Å². The van der Waals surface area contributed by atoms with Crippen molar-refractivity contribution in [3.8, 4) is 16.9 Å². The van der Waals surface area contributed by atoms with Gasteiger partial charge in [-0.2, -0.15) is 0 Å². The van der Waals surface area contributed by atoms with Gasteiger partial charge in [-0.15, -0.1) is 0 Å². The van der Waals surface area contributed by atoms with E-state index in [0.717, 1.165) is 12.8 Å². The van der Waals surface area contributed by atoms with E-state index in [1.165, 1.54) is 68.6 Å². The third kappa shape index (κ3) is 14.9. The van der Waals surface area contributed by atoms with Crippen LogP contribution < -0.4 is 26.0 Å². The Labute approximate surface area is 376 Å². The maximum absolute atomic E-state index is 14.2. The maximum Gasteiger partial charge on any atom is 0.415 e. The molecule has 1 aliphatic carbocycles. The van der Waals surface area contributed by atoms with Crippen LogP contribution in [0.25, 0.3) is 17.2 Å². The summed E-state index contributed by atoms with van der Waals surface area (Å²) in [7, 11) is 1.40. The van der Waals surface area contributed by atoms with Gasteiger partial charge in [0.05, 0.1) is 13.0 Å². The number of rotatable bonds is 18. The summed E-state index contributed by atoms with van der Waals surface area (Å²) in [5.74, 6) is -4.43. The lowest BCUT2D eigenvalue weighted by molar-refractivity contribution is -0.168. The van der Waals surface area contributed by atoms with Crippen LogP contribution in [0.5, 0.6) is 5.75 Å². The fourth-order valence-electron chi connectivity index (χ4n) is 5.78. The van der Waals surface area contributed by atoms with Crippen molar-refractivity contribution in [3.05, 3.63) is 83.2 Å². The molecule has 0 aliphatic heterocycles. The topological polar surface area (TPSA) is 260 Å². The second-order valence-electron chi connectivity index (χ2n) is 16.6. The minimum atomic E-state index is -1.20. The van der Waals surface area contributed by atoms with E-state index >= 15 is 0 Å². The molecule has 0 bridgehead atoms. The number of nitrogens with zero attached hydrogens (tertiary/aromatic N) is 1. The fourth-order valence-corrected chi connectivity index (χ4v) is 5.78. The summed E-state index contributed by atoms with van der Waals surface area (Å²) in [5, 5.41) is 18.6. The number of carbonyl (C=O) groups is 7. The smallest absolute Gasteiger partial charge is 0.415 e. The minimum Gasteiger partial charge on any atom is -0.496 e. The third-order valence-corrected chi connectivity index (χ3v) is 9.36. The summed E-state index contributed by atoms with van der Waals surface area (Å²) in [6.07, 6.45) is 0.334. The van der Waals surface area contributed by atoms with Crippen molar-refractivity contribution in [2.24, 2.45) is 17.8 Å². The Balaban J connectivity index is 1.61. The summed E-state index contributed by atoms with van der Waals surface area (Å²) in [5.41, 5.74) is -0.261. The molecule has 1 heterocycles. The second kappa shape index (κ2) is 22.4. The van der Waals surface area contributed by atoms with Crippen molar-refractivity contribution in [3.63, 3.8) is 0 Å². The van der Waals surface area contributed by atoms with E-state index in [0.29, 0.717) is 18.0 Å². The van der Waals surface area contributed by atoms with Crippen LogP contribution in [0.1, 0.15) is 111 Å². The summed E-state index contributed by atoms with van der Waals surface area (Å²) in [6, 6.07) is 10.5. The molecule has 4 rings (SSSR count). The maximum atomic E-state index is 14.2. The van der Waals surface area contributed by atoms with Crippen LogP contribution in [0.3, 0.4) is 0 Å². The van der Waals surface area contributed by atoms with Gasteiger partial charge in [-0.3, -0.25) is 25.1 Å². The van der Waals surface area contributed by atoms with Crippen molar-refractivity contribution < 1.29 is 62.0 Å². The zero-order valence-electron chi connectivity index (χ0n) is 37.9. The molecular formula is C46H56N6O13. The van der Waals surface area contributed by atoms with E-state index in [1.54, 1.807) is 48.5 Å². The van der Waals surface area contributed by atoms with Gasteiger partial charge in [-0.05, 0) is 94.0 Å². The Bertz CT molecular complexity index is 2300. The molecule has 5 N–H and O–H groups in total. The number of alkyl carbamates (subject to hydrolysis) is 2. The number of hydrogen-bond acceptors (Lipinski definition) is 15. The van der Waals surface area contributed by atoms with Gasteiger partial charge < -0.3 is 44.4 Å². The van der Waals surface area contributed by atoms with Crippen LogP contribution in [0.15, 0.2) is 55.1 Å². The molecule has 0 spiro atoms. The molecule has 65 heavy (non-hydrogen) atoms. The predicted octanol–water partition coefficient (Wildman–Crippen LogP) is 6.60. The van der Waals surface area contributed by atoms with Gasteiger partial charge in [-0.1, -0.05) is 40.3 Å². The molecule has 19 nitrogen and oxygen atoms in total. The van der Waals surface area contributed by atoms with Gasteiger partial charge in [0.2, 0.25) is 13.1 Å². The van der Waals surface area contributed by atoms with E-state index in [4.69, 9.17) is 33.8 Å². The highest BCUT2D eigenvalue weighted by atomic mass is 16.7. The van der Waals surface area contributed by atoms with Crippen molar-refractivity contribution in [1.82, 2.24) is 20.9 Å². The molecule has 4 amide bonds. The monoisotopic (exact) mass is 900 g/mol. The van der Waals surface area contributed by atoms with Crippen molar-refractivity contribution in [2.45, 2.75) is 86.2 Å². The van der Waals surface area contributed by atoms with Crippen molar-refractivity contribution in [1.29, 1.82) is 5.41 Å². The lowest BCUT2D eigenvalue weighted by Gasteiger charge is -2.24. The number of amides is 4. The van der Waals surface area contributed by atoms with Gasteiger partial charge in [-0.25, -0.2) is 24.2 Å². The molecule has 2 aromatic carbocycles. The summed E-state index contributed by atoms with van der Waals surface area (Å²) < 4.78 is 31.5. The van der Waals surface area contributed by atoms with Gasteiger partial charge in [0, 0.05) is 47.0 Å². The van der Waals surface area contributed by atoms with Gasteiger partial charge in [0.1, 0.15) is 28.9 Å². The first-order chi connectivity index (χ1) is 30.6. The van der Waals surface area contributed by atoms with E-state index in [9.17, 15) is 33.6 Å². The zero-order chi connectivity index (χ0) is 48.2. The highest BCUT2D eigenvalue weighted by Gasteiger charge is 2.30. The normalized spacial score (nSPS) is 13.0. The van der Waals surface area contributed by atoms with Crippen molar-refractivity contribution in [2.75, 3.05) is 25.8 Å². The number of amidine groups is 1. The number of nitrogens with one attached hydrogen (secondary N) is 5. The summed E-state index contributed by atoms with van der Waals surface area (Å²) >= 11 is 0. The van der Waals surface area contributed by atoms with E-state index < -0.39 is 84.2 Å². The second-order valence-corrected chi connectivity index (χ2v) is 16.6. The zero-order valence-corrected chi connectivity index (χ0v) is 37.9. The number of ether oxygens (including phenoxy) is 6. The molecule has 0 radical (unpaired) electrons. The Kier molecular flexibility index (Phi) is 17.3. The Morgan fingerprint density at radius 1 is 0.862 bits per heavy atom. The molecular weight excluding hydrogens is 845 g/mol. The molecule has 1 saturated carbocycles. The Hall–Kier alpha value is -7.31. The first kappa shape index (κ1) is 50.3. The number of methoxy groups -OCH3 is 1. The first-order valence-electron chi connectivity index (χ1n) is 20.8. The number of hydrogen-bond donors (Lipinski definition) is 5. The first-order valence-corrected chi connectivity index (χ1v) is 20.8. The fraction of sp³-hybridized carbons (Fsp3) is 0.413. The van der Waals surface area contributed by atoms with Crippen LogP contribution in [0, 0.1) is 23.2 Å². The number of pyridine rings is 1. The largest absolute Gasteiger partial charge is 0.496 e. The van der Waals surface area contributed by atoms with E-state index in [-0.39, 0.29) is 45.2 Å². The number of carbonyl (C=O) groups excluding carboxylic acids is 7. The molecule has 1 aromatic heterocycles. The highest BCUT2D eigenvalue weighted by molar-refractivity contribution is 6.11. The van der Waals surface area contributed by atoms with Gasteiger partial charge >= 0.3 is 30.1 Å². The average Bonchev–Trinajstić information content (AvgIpc) is 4.08. The van der Waals surface area contributed by atoms with Gasteiger partial charge in [0.15, 0.2) is 5.69 Å². The molecule has 1 fully saturated rings. The van der Waals surface area contributed by atoms with Crippen LogP contribution >= 0.6 is 0 Å². The number of benzene rings is 2. The van der Waals surface area contributed by atoms with E-state index in [2.05, 4.69) is 32.8 Å². The lowest BCUT2D eigenvalue weighted by atomic mass is 9.94. The summed E-state index contributed by atoms with van der Waals surface area (Å²) in [4.78, 5) is 95.3. The van der Waals surface area contributed by atoms with Crippen LogP contribution in [0.4, 0.5) is 15.3 Å². The average molecular weight is 901 g/mol. The molecule has 19 heteroatoms. The van der Waals surface area contributed by atoms with Crippen molar-refractivity contribution >= 4 is 59.5 Å². The standard InChI is InChI=1S/C46H56N6O13/c1-11-28-20-33(39(53)49-30-16-14-29(15-17-30)38(47)52-44(58)64-26(6)63-41(55)25(4)5)32(21-35(28)60-10)31-18-19-34(40(54)48-22-27-12-13-27)50-37(31)43(57)62-23-61-42(56)36(24(2)3)51-45(59)65-46(7,8)9/h11,14-21,24-27,36H,1,12-13,22-23H2,2-10H3,(H,48,54)(H,49,53)(H,51,59)(H2,47,52,58)/t26?,36-/m0/s1. The minimum absolute atomic E-state index is 0.00965. The van der Waals surface area contributed by atoms with E-state index in [1.807, 2.05) is 0 Å². The van der Waals surface area contributed by atoms with Crippen LogP contribution in [0.2, 0.25) is 0 Å². The predicted molar refractivity (Wildman–Crippen MR) is 237 cm³/mol. The number of esters is 3. The molecule has 1 aliphatic rings. The molecule has 3 aromatic rings. The lowest BCUT2D eigenvalue weighted by Crippen LogP contribution is -2.47. The SMILES string of the molecule is C=Cc1cc(C(=O)Nc2ccc(C(=N)NC(=O)OC(C)OC(=O)C(C)C)cc2)c(-c2ccc(C(=O)NCC3CC3)nc2C(=O)OCOC(=O)[C@@H](NC(=O)OC(C)(C)C)C(C)C)cc1OC. The van der Waals surface area contributed by atoms with Gasteiger partial charge in [0.25, 0.3) is 11.8 Å². The Morgan fingerprint density at radius 2 is 1.54 bits per heavy atom. The molecule has 348 valence electrons. The third-order valence-electron chi connectivity index (χ3n) is 9.36. The number of anilines is 1. The summed E-state index contributed by atoms with van der Waals surface area (Å²) in [6.45, 7) is 16.3. The highest BCUT2D eigenvalue weighted by Crippen LogP contribution is 2.35.